The molecular formula is C16H21N3O2. The lowest BCUT2D eigenvalue weighted by molar-refractivity contribution is 0.282. The number of rotatable bonds is 5. The third-order valence-corrected chi connectivity index (χ3v) is 4.00. The third-order valence-electron chi connectivity index (χ3n) is 4.00. The van der Waals surface area contributed by atoms with E-state index in [-0.39, 0.29) is 6.61 Å². The van der Waals surface area contributed by atoms with E-state index in [4.69, 9.17) is 9.63 Å². The Kier molecular flexibility index (Phi) is 4.50. The molecule has 0 radical (unpaired) electrons. The molecule has 1 saturated carbocycles. The molecule has 1 aliphatic carbocycles. The van der Waals surface area contributed by atoms with Gasteiger partial charge >= 0.3 is 0 Å². The van der Waals surface area contributed by atoms with Gasteiger partial charge in [-0.1, -0.05) is 36.6 Å². The fourth-order valence-corrected chi connectivity index (χ4v) is 2.82. The van der Waals surface area contributed by atoms with Gasteiger partial charge in [0, 0.05) is 11.6 Å². The second kappa shape index (κ2) is 6.72. The Labute approximate surface area is 124 Å². The predicted molar refractivity (Wildman–Crippen MR) is 79.8 cm³/mol. The molecule has 3 rings (SSSR count). The SMILES string of the molecule is OCc1cccc(NCc2noc(C3CCCCC3)n2)c1. The highest BCUT2D eigenvalue weighted by atomic mass is 16.5. The van der Waals surface area contributed by atoms with E-state index in [1.807, 2.05) is 24.3 Å². The number of benzene rings is 1. The van der Waals surface area contributed by atoms with Crippen molar-refractivity contribution in [1.82, 2.24) is 10.1 Å². The zero-order chi connectivity index (χ0) is 14.5. The number of hydrogen-bond acceptors (Lipinski definition) is 5. The smallest absolute Gasteiger partial charge is 0.229 e. The van der Waals surface area contributed by atoms with Crippen LogP contribution in [0.1, 0.15) is 55.3 Å². The standard InChI is InChI=1S/C16H21N3O2/c20-11-12-5-4-8-14(9-12)17-10-15-18-16(21-19-15)13-6-2-1-3-7-13/h4-5,8-9,13,17,20H,1-3,6-7,10-11H2. The van der Waals surface area contributed by atoms with Gasteiger partial charge in [0.25, 0.3) is 0 Å². The molecule has 2 aromatic rings. The van der Waals surface area contributed by atoms with Crippen molar-refractivity contribution in [3.05, 3.63) is 41.5 Å². The zero-order valence-electron chi connectivity index (χ0n) is 12.1. The number of aromatic nitrogens is 2. The van der Waals surface area contributed by atoms with Crippen LogP contribution in [0.3, 0.4) is 0 Å². The van der Waals surface area contributed by atoms with Gasteiger partial charge in [-0.15, -0.1) is 0 Å². The average Bonchev–Trinajstić information content (AvgIpc) is 3.03. The number of anilines is 1. The highest BCUT2D eigenvalue weighted by molar-refractivity contribution is 5.45. The minimum Gasteiger partial charge on any atom is -0.392 e. The molecule has 5 heteroatoms. The van der Waals surface area contributed by atoms with Crippen LogP contribution in [-0.2, 0) is 13.2 Å². The first-order chi connectivity index (χ1) is 10.3. The summed E-state index contributed by atoms with van der Waals surface area (Å²) in [5.74, 6) is 1.92. The van der Waals surface area contributed by atoms with Crippen molar-refractivity contribution in [3.63, 3.8) is 0 Å². The largest absolute Gasteiger partial charge is 0.392 e. The first-order valence-electron chi connectivity index (χ1n) is 7.61. The monoisotopic (exact) mass is 287 g/mol. The van der Waals surface area contributed by atoms with Crippen LogP contribution in [0.4, 0.5) is 5.69 Å². The van der Waals surface area contributed by atoms with E-state index in [1.165, 1.54) is 19.3 Å². The summed E-state index contributed by atoms with van der Waals surface area (Å²) in [6.07, 6.45) is 6.16. The summed E-state index contributed by atoms with van der Waals surface area (Å²) in [7, 11) is 0. The van der Waals surface area contributed by atoms with E-state index in [0.29, 0.717) is 18.3 Å². The molecule has 0 atom stereocenters. The lowest BCUT2D eigenvalue weighted by atomic mass is 9.89. The van der Waals surface area contributed by atoms with Crippen LogP contribution < -0.4 is 5.32 Å². The molecule has 1 aromatic heterocycles. The molecule has 0 aliphatic heterocycles. The van der Waals surface area contributed by atoms with Gasteiger partial charge in [-0.3, -0.25) is 0 Å². The van der Waals surface area contributed by atoms with Crippen molar-refractivity contribution in [1.29, 1.82) is 0 Å². The Bertz CT molecular complexity index is 576. The number of aliphatic hydroxyl groups excluding tert-OH is 1. The summed E-state index contributed by atoms with van der Waals surface area (Å²) >= 11 is 0. The van der Waals surface area contributed by atoms with Crippen LogP contribution in [-0.4, -0.2) is 15.2 Å². The number of nitrogens with one attached hydrogen (secondary N) is 1. The van der Waals surface area contributed by atoms with Crippen molar-refractivity contribution in [2.45, 2.75) is 51.2 Å². The molecule has 0 spiro atoms. The summed E-state index contributed by atoms with van der Waals surface area (Å²) in [4.78, 5) is 4.50. The summed E-state index contributed by atoms with van der Waals surface area (Å²) in [5.41, 5.74) is 1.83. The quantitative estimate of drug-likeness (QED) is 0.883. The van der Waals surface area contributed by atoms with Gasteiger partial charge in [0.2, 0.25) is 5.89 Å². The van der Waals surface area contributed by atoms with Crippen LogP contribution in [0.15, 0.2) is 28.8 Å². The van der Waals surface area contributed by atoms with Crippen LogP contribution >= 0.6 is 0 Å². The van der Waals surface area contributed by atoms with Crippen LogP contribution in [0, 0.1) is 0 Å². The van der Waals surface area contributed by atoms with Crippen LogP contribution in [0.25, 0.3) is 0 Å². The number of nitrogens with zero attached hydrogens (tertiary/aromatic N) is 2. The maximum Gasteiger partial charge on any atom is 0.229 e. The summed E-state index contributed by atoms with van der Waals surface area (Å²) in [6.45, 7) is 0.578. The molecule has 1 aliphatic rings. The van der Waals surface area contributed by atoms with E-state index in [2.05, 4.69) is 15.5 Å². The Morgan fingerprint density at radius 2 is 2.10 bits per heavy atom. The topological polar surface area (TPSA) is 71.2 Å². The molecule has 0 unspecified atom stereocenters. The average molecular weight is 287 g/mol. The molecule has 112 valence electrons. The molecule has 0 saturated heterocycles. The molecule has 2 N–H and O–H groups in total. The van der Waals surface area contributed by atoms with Crippen LogP contribution in [0.2, 0.25) is 0 Å². The molecular weight excluding hydrogens is 266 g/mol. The highest BCUT2D eigenvalue weighted by Gasteiger charge is 2.21. The van der Waals surface area contributed by atoms with Crippen molar-refractivity contribution < 1.29 is 9.63 Å². The van der Waals surface area contributed by atoms with Crippen LogP contribution in [0.5, 0.6) is 0 Å². The minimum absolute atomic E-state index is 0.0452. The first-order valence-corrected chi connectivity index (χ1v) is 7.61. The van der Waals surface area contributed by atoms with Crippen molar-refractivity contribution in [2.75, 3.05) is 5.32 Å². The molecule has 1 fully saturated rings. The third kappa shape index (κ3) is 3.61. The normalized spacial score (nSPS) is 16.0. The first kappa shape index (κ1) is 14.1. The molecule has 0 bridgehead atoms. The van der Waals surface area contributed by atoms with Crippen molar-refractivity contribution >= 4 is 5.69 Å². The van der Waals surface area contributed by atoms with E-state index >= 15 is 0 Å². The maximum absolute atomic E-state index is 9.13. The van der Waals surface area contributed by atoms with E-state index in [1.54, 1.807) is 0 Å². The maximum atomic E-state index is 9.13. The molecule has 1 heterocycles. The Hall–Kier alpha value is -1.88. The Morgan fingerprint density at radius 1 is 1.24 bits per heavy atom. The van der Waals surface area contributed by atoms with Gasteiger partial charge in [-0.05, 0) is 30.5 Å². The minimum atomic E-state index is 0.0452. The fourth-order valence-electron chi connectivity index (χ4n) is 2.82. The van der Waals surface area contributed by atoms with E-state index < -0.39 is 0 Å². The van der Waals surface area contributed by atoms with Gasteiger partial charge in [-0.2, -0.15) is 4.98 Å². The van der Waals surface area contributed by atoms with Gasteiger partial charge in [0.15, 0.2) is 5.82 Å². The molecule has 5 nitrogen and oxygen atoms in total. The lowest BCUT2D eigenvalue weighted by Crippen LogP contribution is -2.06. The Morgan fingerprint density at radius 3 is 2.90 bits per heavy atom. The predicted octanol–water partition coefficient (Wildman–Crippen LogP) is 3.22. The zero-order valence-corrected chi connectivity index (χ0v) is 12.1. The van der Waals surface area contributed by atoms with Gasteiger partial charge in [0.1, 0.15) is 0 Å². The van der Waals surface area contributed by atoms with Gasteiger partial charge < -0.3 is 14.9 Å². The number of aliphatic hydroxyl groups is 1. The summed E-state index contributed by atoms with van der Waals surface area (Å²) < 4.78 is 5.40. The molecule has 21 heavy (non-hydrogen) atoms. The molecule has 0 amide bonds. The second-order valence-electron chi connectivity index (χ2n) is 5.60. The van der Waals surface area contributed by atoms with Gasteiger partial charge in [-0.25, -0.2) is 0 Å². The Balaban J connectivity index is 1.59. The van der Waals surface area contributed by atoms with Crippen molar-refractivity contribution in [2.24, 2.45) is 0 Å². The fraction of sp³-hybridized carbons (Fsp3) is 0.500. The van der Waals surface area contributed by atoms with Crippen molar-refractivity contribution in [3.8, 4) is 0 Å². The van der Waals surface area contributed by atoms with E-state index in [9.17, 15) is 0 Å². The highest BCUT2D eigenvalue weighted by Crippen LogP contribution is 2.31. The van der Waals surface area contributed by atoms with Gasteiger partial charge in [0.05, 0.1) is 13.2 Å². The van der Waals surface area contributed by atoms with E-state index in [0.717, 1.165) is 30.0 Å². The summed E-state index contributed by atoms with van der Waals surface area (Å²) in [5, 5.41) is 16.4. The lowest BCUT2D eigenvalue weighted by Gasteiger charge is -2.17. The second-order valence-corrected chi connectivity index (χ2v) is 5.60. The molecule has 1 aromatic carbocycles. The number of hydrogen-bond donors (Lipinski definition) is 2. The summed E-state index contributed by atoms with van der Waals surface area (Å²) in [6, 6.07) is 7.68.